The van der Waals surface area contributed by atoms with Gasteiger partial charge in [0.15, 0.2) is 0 Å². The Kier molecular flexibility index (Phi) is 1.52. The summed E-state index contributed by atoms with van der Waals surface area (Å²) in [5.74, 6) is -0.228. The fraction of sp³-hybridized carbons (Fsp3) is 0.111. The number of hydrogen-bond acceptors (Lipinski definition) is 3. The van der Waals surface area contributed by atoms with Gasteiger partial charge in [0.25, 0.3) is 0 Å². The lowest BCUT2D eigenvalue weighted by molar-refractivity contribution is -0.104. The first kappa shape index (κ1) is 7.18. The molecular formula is C9H8NO2. The summed E-state index contributed by atoms with van der Waals surface area (Å²) in [5.41, 5.74) is 1.79. The number of benzene rings is 1. The lowest BCUT2D eigenvalue weighted by Crippen LogP contribution is -2.22. The minimum absolute atomic E-state index is 0.228. The topological polar surface area (TPSA) is 43.7 Å². The standard InChI is InChI=1S/C9H8NO2/c11-9-5-7-3-1-2-4-8(7)6-10(9)12/h1-4,11-12H,6H2. The van der Waals surface area contributed by atoms with E-state index >= 15 is 0 Å². The van der Waals surface area contributed by atoms with Gasteiger partial charge in [0.2, 0.25) is 5.88 Å². The molecule has 0 saturated heterocycles. The molecule has 1 aliphatic heterocycles. The third-order valence-corrected chi connectivity index (χ3v) is 1.83. The predicted molar refractivity (Wildman–Crippen MR) is 42.3 cm³/mol. The molecule has 1 heterocycles. The molecule has 2 N–H and O–H groups in total. The van der Waals surface area contributed by atoms with Crippen LogP contribution in [0.4, 0.5) is 0 Å². The van der Waals surface area contributed by atoms with Crippen LogP contribution < -0.4 is 0 Å². The minimum Gasteiger partial charge on any atom is -0.493 e. The van der Waals surface area contributed by atoms with Crippen LogP contribution in [-0.4, -0.2) is 15.4 Å². The van der Waals surface area contributed by atoms with Crippen LogP contribution in [-0.2, 0) is 6.54 Å². The fourth-order valence-corrected chi connectivity index (χ4v) is 1.20. The second-order valence-corrected chi connectivity index (χ2v) is 2.66. The van der Waals surface area contributed by atoms with Crippen LogP contribution in [0.1, 0.15) is 11.1 Å². The van der Waals surface area contributed by atoms with Crippen molar-refractivity contribution in [1.29, 1.82) is 0 Å². The van der Waals surface area contributed by atoms with Crippen LogP contribution in [0.25, 0.3) is 0 Å². The van der Waals surface area contributed by atoms with Crippen LogP contribution >= 0.6 is 0 Å². The van der Waals surface area contributed by atoms with Crippen LogP contribution in [0.2, 0.25) is 0 Å². The van der Waals surface area contributed by atoms with Gasteiger partial charge in [-0.25, -0.2) is 5.06 Å². The zero-order chi connectivity index (χ0) is 8.55. The molecule has 1 aromatic carbocycles. The van der Waals surface area contributed by atoms with E-state index in [0.717, 1.165) is 16.2 Å². The lowest BCUT2D eigenvalue weighted by Gasteiger charge is -2.20. The Morgan fingerprint density at radius 1 is 1.33 bits per heavy atom. The molecule has 0 aromatic heterocycles. The maximum Gasteiger partial charge on any atom is 0.220 e. The van der Waals surface area contributed by atoms with E-state index in [0.29, 0.717) is 6.54 Å². The Morgan fingerprint density at radius 3 is 2.92 bits per heavy atom. The van der Waals surface area contributed by atoms with E-state index in [1.54, 1.807) is 0 Å². The van der Waals surface area contributed by atoms with Gasteiger partial charge in [0.05, 0.1) is 12.6 Å². The van der Waals surface area contributed by atoms with Crippen molar-refractivity contribution in [2.75, 3.05) is 0 Å². The van der Waals surface area contributed by atoms with Crippen molar-refractivity contribution in [2.24, 2.45) is 0 Å². The van der Waals surface area contributed by atoms with Crippen LogP contribution in [0.15, 0.2) is 30.1 Å². The highest BCUT2D eigenvalue weighted by atomic mass is 16.5. The van der Waals surface area contributed by atoms with E-state index in [4.69, 9.17) is 10.3 Å². The summed E-state index contributed by atoms with van der Waals surface area (Å²) in [5, 5.41) is 19.0. The van der Waals surface area contributed by atoms with Crippen LogP contribution in [0.5, 0.6) is 0 Å². The molecule has 1 radical (unpaired) electrons. The molecule has 3 heteroatoms. The Hall–Kier alpha value is -1.48. The number of nitrogens with zero attached hydrogens (tertiary/aromatic N) is 1. The Balaban J connectivity index is 2.49. The summed E-state index contributed by atoms with van der Waals surface area (Å²) in [6, 6.07) is 7.49. The maximum absolute atomic E-state index is 9.11. The Bertz CT molecular complexity index is 333. The maximum atomic E-state index is 9.11. The number of aliphatic hydroxyl groups is 1. The summed E-state index contributed by atoms with van der Waals surface area (Å²) in [6.45, 7) is 0.314. The number of hydrogen-bond donors (Lipinski definition) is 2. The first-order valence-corrected chi connectivity index (χ1v) is 3.64. The lowest BCUT2D eigenvalue weighted by atomic mass is 10.1. The monoisotopic (exact) mass is 162 g/mol. The highest BCUT2D eigenvalue weighted by Crippen LogP contribution is 2.18. The van der Waals surface area contributed by atoms with Crippen LogP contribution in [0.3, 0.4) is 0 Å². The van der Waals surface area contributed by atoms with Crippen molar-refractivity contribution >= 4 is 0 Å². The molecule has 1 aromatic rings. The van der Waals surface area contributed by atoms with Gasteiger partial charge in [0, 0.05) is 0 Å². The summed E-state index contributed by atoms with van der Waals surface area (Å²) in [7, 11) is 0. The van der Waals surface area contributed by atoms with Crippen LogP contribution in [0, 0.1) is 6.08 Å². The van der Waals surface area contributed by atoms with Crippen molar-refractivity contribution in [3.05, 3.63) is 47.4 Å². The fourth-order valence-electron chi connectivity index (χ4n) is 1.20. The van der Waals surface area contributed by atoms with Crippen molar-refractivity contribution in [2.45, 2.75) is 6.54 Å². The van der Waals surface area contributed by atoms with Gasteiger partial charge >= 0.3 is 0 Å². The molecule has 0 amide bonds. The molecule has 12 heavy (non-hydrogen) atoms. The van der Waals surface area contributed by atoms with E-state index in [9.17, 15) is 0 Å². The normalized spacial score (nSPS) is 15.4. The van der Waals surface area contributed by atoms with Gasteiger partial charge < -0.3 is 5.11 Å². The van der Waals surface area contributed by atoms with Gasteiger partial charge in [-0.3, -0.25) is 5.21 Å². The molecule has 0 aliphatic carbocycles. The zero-order valence-electron chi connectivity index (χ0n) is 6.36. The van der Waals surface area contributed by atoms with E-state index < -0.39 is 0 Å². The Morgan fingerprint density at radius 2 is 2.08 bits per heavy atom. The molecule has 0 bridgehead atoms. The molecular weight excluding hydrogens is 154 g/mol. The summed E-state index contributed by atoms with van der Waals surface area (Å²) < 4.78 is 0. The zero-order valence-corrected chi connectivity index (χ0v) is 6.36. The SMILES string of the molecule is OC1=[C]c2ccccc2CN1O. The van der Waals surface area contributed by atoms with Gasteiger partial charge in [0.1, 0.15) is 0 Å². The van der Waals surface area contributed by atoms with Crippen molar-refractivity contribution in [3.63, 3.8) is 0 Å². The van der Waals surface area contributed by atoms with E-state index in [-0.39, 0.29) is 5.88 Å². The molecule has 61 valence electrons. The van der Waals surface area contributed by atoms with Crippen molar-refractivity contribution in [1.82, 2.24) is 5.06 Å². The smallest absolute Gasteiger partial charge is 0.220 e. The number of aliphatic hydroxyl groups excluding tert-OH is 1. The number of fused-ring (bicyclic) bond motifs is 1. The largest absolute Gasteiger partial charge is 0.493 e. The van der Waals surface area contributed by atoms with Gasteiger partial charge in [-0.1, -0.05) is 24.3 Å². The average Bonchev–Trinajstić information content (AvgIpc) is 2.07. The number of rotatable bonds is 0. The second-order valence-electron chi connectivity index (χ2n) is 2.66. The average molecular weight is 162 g/mol. The van der Waals surface area contributed by atoms with E-state index in [1.165, 1.54) is 0 Å². The van der Waals surface area contributed by atoms with Gasteiger partial charge in [-0.2, -0.15) is 0 Å². The molecule has 0 saturated carbocycles. The van der Waals surface area contributed by atoms with Crippen molar-refractivity contribution in [3.8, 4) is 0 Å². The first-order valence-electron chi connectivity index (χ1n) is 3.64. The number of hydroxylamine groups is 2. The predicted octanol–water partition coefficient (Wildman–Crippen LogP) is 1.44. The third kappa shape index (κ3) is 1.04. The molecule has 2 rings (SSSR count). The summed E-state index contributed by atoms with van der Waals surface area (Å²) in [4.78, 5) is 0. The van der Waals surface area contributed by atoms with E-state index in [1.807, 2.05) is 24.3 Å². The van der Waals surface area contributed by atoms with Crippen molar-refractivity contribution < 1.29 is 10.3 Å². The van der Waals surface area contributed by atoms with Gasteiger partial charge in [-0.05, 0) is 11.1 Å². The first-order chi connectivity index (χ1) is 5.77. The highest BCUT2D eigenvalue weighted by Gasteiger charge is 2.14. The third-order valence-electron chi connectivity index (χ3n) is 1.83. The van der Waals surface area contributed by atoms with Gasteiger partial charge in [-0.15, -0.1) is 0 Å². The molecule has 0 spiro atoms. The molecule has 0 unspecified atom stereocenters. The molecule has 0 fully saturated rings. The Labute approximate surface area is 70.1 Å². The minimum atomic E-state index is -0.228. The highest BCUT2D eigenvalue weighted by molar-refractivity contribution is 5.34. The second kappa shape index (κ2) is 2.53. The summed E-state index contributed by atoms with van der Waals surface area (Å²) in [6.07, 6.45) is 2.66. The quantitative estimate of drug-likeness (QED) is 0.606. The molecule has 0 atom stereocenters. The van der Waals surface area contributed by atoms with E-state index in [2.05, 4.69) is 6.08 Å². The molecule has 3 nitrogen and oxygen atoms in total. The summed E-state index contributed by atoms with van der Waals surface area (Å²) >= 11 is 0. The molecule has 1 aliphatic rings.